The minimum atomic E-state index is -0.506. The number of nitrogens with one attached hydrogen (secondary N) is 2. The fourth-order valence-electron chi connectivity index (χ4n) is 3.18. The lowest BCUT2D eigenvalue weighted by molar-refractivity contribution is -0.122. The van der Waals surface area contributed by atoms with Crippen LogP contribution in [0.1, 0.15) is 16.8 Å². The topological polar surface area (TPSA) is 87.7 Å². The third-order valence-corrected chi connectivity index (χ3v) is 4.72. The van der Waals surface area contributed by atoms with Crippen LogP contribution in [0, 0.1) is 5.92 Å². The van der Waals surface area contributed by atoms with Crippen molar-refractivity contribution in [3.8, 4) is 5.75 Å². The number of rotatable bonds is 7. The van der Waals surface area contributed by atoms with Crippen LogP contribution in [0.3, 0.4) is 0 Å². The van der Waals surface area contributed by atoms with E-state index in [9.17, 15) is 14.4 Å². The van der Waals surface area contributed by atoms with Gasteiger partial charge in [-0.1, -0.05) is 18.2 Å². The lowest BCUT2D eigenvalue weighted by atomic mass is 10.1. The number of anilines is 2. The minimum absolute atomic E-state index is 0.114. The summed E-state index contributed by atoms with van der Waals surface area (Å²) in [6.45, 7) is 4.18. The second kappa shape index (κ2) is 9.05. The van der Waals surface area contributed by atoms with E-state index in [1.54, 1.807) is 66.6 Å². The highest BCUT2D eigenvalue weighted by Gasteiger charge is 2.35. The summed E-state index contributed by atoms with van der Waals surface area (Å²) in [5.74, 6) is -0.524. The molecule has 1 fully saturated rings. The second-order valence-electron chi connectivity index (χ2n) is 6.64. The van der Waals surface area contributed by atoms with Gasteiger partial charge < -0.3 is 20.3 Å². The minimum Gasteiger partial charge on any atom is -0.497 e. The summed E-state index contributed by atoms with van der Waals surface area (Å²) >= 11 is 0. The van der Waals surface area contributed by atoms with Crippen molar-refractivity contribution in [2.75, 3.05) is 30.4 Å². The maximum atomic E-state index is 12.8. The van der Waals surface area contributed by atoms with Crippen LogP contribution in [0.5, 0.6) is 5.75 Å². The van der Waals surface area contributed by atoms with Crippen molar-refractivity contribution in [2.24, 2.45) is 5.92 Å². The maximum absolute atomic E-state index is 12.8. The Kier molecular flexibility index (Phi) is 6.29. The van der Waals surface area contributed by atoms with Crippen molar-refractivity contribution in [3.63, 3.8) is 0 Å². The van der Waals surface area contributed by atoms with Crippen LogP contribution >= 0.6 is 0 Å². The smallest absolute Gasteiger partial charge is 0.253 e. The fraction of sp³-hybridized carbons (Fsp3) is 0.227. The van der Waals surface area contributed by atoms with Gasteiger partial charge in [0.25, 0.3) is 5.91 Å². The summed E-state index contributed by atoms with van der Waals surface area (Å²) in [4.78, 5) is 39.1. The molecule has 150 valence electrons. The Labute approximate surface area is 169 Å². The molecule has 7 nitrogen and oxygen atoms in total. The molecule has 0 unspecified atom stereocenters. The SMILES string of the molecule is C=CCNC(=O)c1ccccc1NC(=O)[C@@H]1CC(=O)N(c2ccc(OC)cc2)C1. The van der Waals surface area contributed by atoms with Gasteiger partial charge in [-0.2, -0.15) is 0 Å². The van der Waals surface area contributed by atoms with Gasteiger partial charge in [-0.05, 0) is 36.4 Å². The first-order valence-electron chi connectivity index (χ1n) is 9.27. The number of carbonyl (C=O) groups is 3. The molecule has 0 saturated carbocycles. The molecule has 0 aromatic heterocycles. The molecule has 2 N–H and O–H groups in total. The normalized spacial score (nSPS) is 15.7. The largest absolute Gasteiger partial charge is 0.497 e. The third kappa shape index (κ3) is 4.63. The summed E-state index contributed by atoms with van der Waals surface area (Å²) in [6.07, 6.45) is 1.69. The average molecular weight is 393 g/mol. The van der Waals surface area contributed by atoms with Crippen LogP contribution in [0.2, 0.25) is 0 Å². The number of hydrogen-bond donors (Lipinski definition) is 2. The molecule has 2 aromatic rings. The molecule has 29 heavy (non-hydrogen) atoms. The van der Waals surface area contributed by atoms with E-state index in [0.717, 1.165) is 5.69 Å². The molecular formula is C22H23N3O4. The van der Waals surface area contributed by atoms with E-state index in [1.165, 1.54) is 0 Å². The van der Waals surface area contributed by atoms with Crippen LogP contribution in [0.15, 0.2) is 61.2 Å². The average Bonchev–Trinajstić information content (AvgIpc) is 3.14. The summed E-state index contributed by atoms with van der Waals surface area (Å²) in [5, 5.41) is 5.49. The first-order chi connectivity index (χ1) is 14.0. The van der Waals surface area contributed by atoms with E-state index >= 15 is 0 Å². The Morgan fingerprint density at radius 2 is 1.93 bits per heavy atom. The molecule has 2 aromatic carbocycles. The number of ether oxygens (including phenoxy) is 1. The van der Waals surface area contributed by atoms with Gasteiger partial charge in [0.2, 0.25) is 11.8 Å². The molecule has 1 saturated heterocycles. The summed E-state index contributed by atoms with van der Waals surface area (Å²) in [7, 11) is 1.58. The number of hydrogen-bond acceptors (Lipinski definition) is 4. The van der Waals surface area contributed by atoms with E-state index < -0.39 is 5.92 Å². The molecule has 3 rings (SSSR count). The zero-order chi connectivity index (χ0) is 20.8. The van der Waals surface area contributed by atoms with E-state index in [2.05, 4.69) is 17.2 Å². The van der Waals surface area contributed by atoms with Crippen LogP contribution in [-0.4, -0.2) is 37.9 Å². The van der Waals surface area contributed by atoms with Crippen molar-refractivity contribution in [1.82, 2.24) is 5.32 Å². The highest BCUT2D eigenvalue weighted by Crippen LogP contribution is 2.28. The van der Waals surface area contributed by atoms with Crippen molar-refractivity contribution in [3.05, 3.63) is 66.7 Å². The highest BCUT2D eigenvalue weighted by molar-refractivity contribution is 6.07. The third-order valence-electron chi connectivity index (χ3n) is 4.72. The number of carbonyl (C=O) groups excluding carboxylic acids is 3. The number of para-hydroxylation sites is 1. The quantitative estimate of drug-likeness (QED) is 0.708. The molecule has 0 bridgehead atoms. The zero-order valence-corrected chi connectivity index (χ0v) is 16.2. The number of methoxy groups -OCH3 is 1. The molecule has 1 heterocycles. The van der Waals surface area contributed by atoms with Crippen molar-refractivity contribution >= 4 is 29.1 Å². The molecule has 1 aliphatic rings. The zero-order valence-electron chi connectivity index (χ0n) is 16.2. The molecule has 0 spiro atoms. The molecule has 0 aliphatic carbocycles. The predicted octanol–water partition coefficient (Wildman–Crippen LogP) is 2.60. The maximum Gasteiger partial charge on any atom is 0.253 e. The molecule has 1 atom stereocenters. The second-order valence-corrected chi connectivity index (χ2v) is 6.64. The molecule has 0 radical (unpaired) electrons. The summed E-state index contributed by atoms with van der Waals surface area (Å²) in [6, 6.07) is 13.9. The van der Waals surface area contributed by atoms with Crippen LogP contribution < -0.4 is 20.3 Å². The first-order valence-corrected chi connectivity index (χ1v) is 9.27. The molecule has 7 heteroatoms. The van der Waals surface area contributed by atoms with Gasteiger partial charge in [0.15, 0.2) is 0 Å². The van der Waals surface area contributed by atoms with Gasteiger partial charge in [0.1, 0.15) is 5.75 Å². The number of nitrogens with zero attached hydrogens (tertiary/aromatic N) is 1. The molecular weight excluding hydrogens is 370 g/mol. The summed E-state index contributed by atoms with van der Waals surface area (Å²) < 4.78 is 5.13. The molecule has 1 aliphatic heterocycles. The van der Waals surface area contributed by atoms with Gasteiger partial charge in [0, 0.05) is 25.2 Å². The first kappa shape index (κ1) is 20.1. The Bertz CT molecular complexity index is 924. The van der Waals surface area contributed by atoms with E-state index in [1.807, 2.05) is 0 Å². The Hall–Kier alpha value is -3.61. The van der Waals surface area contributed by atoms with Crippen LogP contribution in [-0.2, 0) is 9.59 Å². The van der Waals surface area contributed by atoms with Gasteiger partial charge >= 0.3 is 0 Å². The summed E-state index contributed by atoms with van der Waals surface area (Å²) in [5.41, 5.74) is 1.49. The van der Waals surface area contributed by atoms with E-state index in [4.69, 9.17) is 4.74 Å². The highest BCUT2D eigenvalue weighted by atomic mass is 16.5. The van der Waals surface area contributed by atoms with Gasteiger partial charge in [0.05, 0.1) is 24.3 Å². The Morgan fingerprint density at radius 1 is 1.21 bits per heavy atom. The van der Waals surface area contributed by atoms with Gasteiger partial charge in [-0.15, -0.1) is 6.58 Å². The Morgan fingerprint density at radius 3 is 2.62 bits per heavy atom. The monoisotopic (exact) mass is 393 g/mol. The lowest BCUT2D eigenvalue weighted by Gasteiger charge is -2.17. The molecule has 3 amide bonds. The van der Waals surface area contributed by atoms with Crippen molar-refractivity contribution < 1.29 is 19.1 Å². The number of benzene rings is 2. The van der Waals surface area contributed by atoms with Gasteiger partial charge in [-0.3, -0.25) is 14.4 Å². The fourth-order valence-corrected chi connectivity index (χ4v) is 3.18. The lowest BCUT2D eigenvalue weighted by Crippen LogP contribution is -2.29. The Balaban J connectivity index is 1.70. The van der Waals surface area contributed by atoms with Crippen LogP contribution in [0.25, 0.3) is 0 Å². The van der Waals surface area contributed by atoms with E-state index in [0.29, 0.717) is 23.5 Å². The standard InChI is InChI=1S/C22H23N3O4/c1-3-12-23-22(28)18-6-4-5-7-19(18)24-21(27)15-13-20(26)25(14-15)16-8-10-17(29-2)11-9-16/h3-11,15H,1,12-14H2,2H3,(H,23,28)(H,24,27)/t15-/m1/s1. The predicted molar refractivity (Wildman–Crippen MR) is 111 cm³/mol. The van der Waals surface area contributed by atoms with Crippen molar-refractivity contribution in [2.45, 2.75) is 6.42 Å². The van der Waals surface area contributed by atoms with Crippen molar-refractivity contribution in [1.29, 1.82) is 0 Å². The van der Waals surface area contributed by atoms with Crippen LogP contribution in [0.4, 0.5) is 11.4 Å². The van der Waals surface area contributed by atoms with E-state index in [-0.39, 0.29) is 30.7 Å². The van der Waals surface area contributed by atoms with Gasteiger partial charge in [-0.25, -0.2) is 0 Å². The number of amides is 3.